The minimum atomic E-state index is -0.147. The Kier molecular flexibility index (Phi) is 7.13. The third-order valence-electron chi connectivity index (χ3n) is 5.04. The van der Waals surface area contributed by atoms with Crippen molar-refractivity contribution in [1.82, 2.24) is 19.7 Å². The van der Waals surface area contributed by atoms with Crippen LogP contribution in [-0.4, -0.2) is 57.6 Å². The predicted molar refractivity (Wildman–Crippen MR) is 123 cm³/mol. The maximum Gasteiger partial charge on any atom is 0.234 e. The van der Waals surface area contributed by atoms with E-state index in [1.54, 1.807) is 24.4 Å². The van der Waals surface area contributed by atoms with Gasteiger partial charge in [0.2, 0.25) is 11.8 Å². The lowest BCUT2D eigenvalue weighted by atomic mass is 10.2. The van der Waals surface area contributed by atoms with E-state index < -0.39 is 0 Å². The Balaban J connectivity index is 1.38. The average Bonchev–Trinajstić information content (AvgIpc) is 3.43. The van der Waals surface area contributed by atoms with Crippen LogP contribution in [0.1, 0.15) is 12.8 Å². The van der Waals surface area contributed by atoms with E-state index in [1.807, 2.05) is 41.0 Å². The lowest BCUT2D eigenvalue weighted by Crippen LogP contribution is -2.23. The molecular formula is C22H24N6O3S. The molecule has 3 aromatic rings. The Hall–Kier alpha value is -3.24. The van der Waals surface area contributed by atoms with Crippen molar-refractivity contribution in [3.8, 4) is 11.4 Å². The van der Waals surface area contributed by atoms with Crippen molar-refractivity contribution in [3.05, 3.63) is 48.8 Å². The molecule has 1 saturated heterocycles. The molecule has 2 aromatic heterocycles. The maximum absolute atomic E-state index is 12.5. The number of pyridine rings is 1. The van der Waals surface area contributed by atoms with E-state index in [2.05, 4.69) is 20.5 Å². The lowest BCUT2D eigenvalue weighted by molar-refractivity contribution is -0.117. The van der Waals surface area contributed by atoms with Crippen LogP contribution in [0.15, 0.2) is 53.9 Å². The molecule has 1 aliphatic heterocycles. The molecule has 0 atom stereocenters. The Labute approximate surface area is 190 Å². The van der Waals surface area contributed by atoms with Gasteiger partial charge in [0.1, 0.15) is 0 Å². The minimum absolute atomic E-state index is 0.141. The van der Waals surface area contributed by atoms with Crippen LogP contribution in [-0.2, 0) is 20.9 Å². The molecule has 32 heavy (non-hydrogen) atoms. The number of benzene rings is 1. The van der Waals surface area contributed by atoms with E-state index in [4.69, 9.17) is 4.74 Å². The molecule has 0 aliphatic carbocycles. The van der Waals surface area contributed by atoms with Crippen LogP contribution < -0.4 is 10.2 Å². The van der Waals surface area contributed by atoms with Crippen molar-refractivity contribution in [2.45, 2.75) is 24.5 Å². The number of carbonyl (C=O) groups is 2. The zero-order valence-electron chi connectivity index (χ0n) is 17.7. The van der Waals surface area contributed by atoms with Crippen LogP contribution in [0.25, 0.3) is 11.4 Å². The Morgan fingerprint density at radius 3 is 2.62 bits per heavy atom. The van der Waals surface area contributed by atoms with Gasteiger partial charge in [0.05, 0.1) is 18.9 Å². The number of anilines is 2. The van der Waals surface area contributed by atoms with Crippen LogP contribution in [0.3, 0.4) is 0 Å². The quantitative estimate of drug-likeness (QED) is 0.498. The summed E-state index contributed by atoms with van der Waals surface area (Å²) in [5.41, 5.74) is 2.44. The summed E-state index contributed by atoms with van der Waals surface area (Å²) in [7, 11) is 1.64. The topological polar surface area (TPSA) is 102 Å². The number of rotatable bonds is 9. The first kappa shape index (κ1) is 22.0. The first-order valence-corrected chi connectivity index (χ1v) is 11.3. The van der Waals surface area contributed by atoms with E-state index in [0.29, 0.717) is 36.2 Å². The molecule has 9 nitrogen and oxygen atoms in total. The molecule has 166 valence electrons. The second-order valence-electron chi connectivity index (χ2n) is 7.22. The first-order chi connectivity index (χ1) is 15.7. The number of methoxy groups -OCH3 is 1. The van der Waals surface area contributed by atoms with Crippen molar-refractivity contribution in [2.24, 2.45) is 0 Å². The van der Waals surface area contributed by atoms with Crippen molar-refractivity contribution >= 4 is 35.0 Å². The van der Waals surface area contributed by atoms with Gasteiger partial charge in [-0.1, -0.05) is 11.8 Å². The predicted octanol–water partition coefficient (Wildman–Crippen LogP) is 2.84. The number of thioether (sulfide) groups is 1. The first-order valence-electron chi connectivity index (χ1n) is 10.3. The molecule has 3 heterocycles. The molecule has 0 spiro atoms. The lowest BCUT2D eigenvalue weighted by Gasteiger charge is -2.16. The number of hydrogen-bond acceptors (Lipinski definition) is 7. The highest BCUT2D eigenvalue weighted by Crippen LogP contribution is 2.25. The van der Waals surface area contributed by atoms with E-state index in [0.717, 1.165) is 24.2 Å². The monoisotopic (exact) mass is 452 g/mol. The molecule has 1 N–H and O–H groups in total. The Bertz CT molecular complexity index is 1070. The van der Waals surface area contributed by atoms with Gasteiger partial charge < -0.3 is 15.0 Å². The minimum Gasteiger partial charge on any atom is -0.383 e. The van der Waals surface area contributed by atoms with Crippen LogP contribution in [0.5, 0.6) is 0 Å². The van der Waals surface area contributed by atoms with E-state index >= 15 is 0 Å². The fourth-order valence-electron chi connectivity index (χ4n) is 3.47. The highest BCUT2D eigenvalue weighted by atomic mass is 32.2. The molecular weight excluding hydrogens is 428 g/mol. The summed E-state index contributed by atoms with van der Waals surface area (Å²) in [4.78, 5) is 30.2. The summed E-state index contributed by atoms with van der Waals surface area (Å²) in [5.74, 6) is 0.890. The van der Waals surface area contributed by atoms with E-state index in [1.165, 1.54) is 11.8 Å². The average molecular weight is 453 g/mol. The second-order valence-corrected chi connectivity index (χ2v) is 8.16. The van der Waals surface area contributed by atoms with Gasteiger partial charge in [-0.15, -0.1) is 10.2 Å². The van der Waals surface area contributed by atoms with E-state index in [-0.39, 0.29) is 17.6 Å². The number of nitrogens with one attached hydrogen (secondary N) is 1. The van der Waals surface area contributed by atoms with Gasteiger partial charge in [-0.05, 0) is 42.8 Å². The van der Waals surface area contributed by atoms with Gasteiger partial charge in [-0.3, -0.25) is 19.1 Å². The largest absolute Gasteiger partial charge is 0.383 e. The molecule has 4 rings (SSSR count). The summed E-state index contributed by atoms with van der Waals surface area (Å²) in [5, 5.41) is 12.1. The van der Waals surface area contributed by atoms with Crippen molar-refractivity contribution < 1.29 is 14.3 Å². The molecule has 0 radical (unpaired) electrons. The highest BCUT2D eigenvalue weighted by Gasteiger charge is 2.21. The van der Waals surface area contributed by atoms with E-state index in [9.17, 15) is 9.59 Å². The molecule has 0 saturated carbocycles. The summed E-state index contributed by atoms with van der Waals surface area (Å²) in [6.07, 6.45) is 4.88. The van der Waals surface area contributed by atoms with Crippen LogP contribution >= 0.6 is 11.8 Å². The smallest absolute Gasteiger partial charge is 0.234 e. The summed E-state index contributed by atoms with van der Waals surface area (Å²) < 4.78 is 7.16. The Morgan fingerprint density at radius 2 is 1.94 bits per heavy atom. The zero-order chi connectivity index (χ0) is 22.3. The molecule has 10 heteroatoms. The van der Waals surface area contributed by atoms with Gasteiger partial charge in [0.25, 0.3) is 0 Å². The van der Waals surface area contributed by atoms with Crippen molar-refractivity contribution in [3.63, 3.8) is 0 Å². The fraction of sp³-hybridized carbons (Fsp3) is 0.318. The molecule has 1 aromatic carbocycles. The molecule has 2 amide bonds. The third kappa shape index (κ3) is 5.14. The molecule has 0 unspecified atom stereocenters. The molecule has 1 fully saturated rings. The Morgan fingerprint density at radius 1 is 1.16 bits per heavy atom. The van der Waals surface area contributed by atoms with Crippen molar-refractivity contribution in [2.75, 3.05) is 36.2 Å². The third-order valence-corrected chi connectivity index (χ3v) is 6.01. The summed E-state index contributed by atoms with van der Waals surface area (Å²) in [6.45, 7) is 1.82. The SMILES string of the molecule is COCCn1c(SCC(=O)Nc2ccc(N3CCCC3=O)cc2)nnc1-c1ccncc1. The second kappa shape index (κ2) is 10.4. The number of carbonyl (C=O) groups excluding carboxylic acids is 2. The van der Waals surface area contributed by atoms with Crippen molar-refractivity contribution in [1.29, 1.82) is 0 Å². The van der Waals surface area contributed by atoms with Gasteiger partial charge in [0, 0.05) is 49.4 Å². The standard InChI is InChI=1S/C22H24N6O3S/c1-31-14-13-28-21(16-8-10-23-11-9-16)25-26-22(28)32-15-19(29)24-17-4-6-18(7-5-17)27-12-2-3-20(27)30/h4-11H,2-3,12-15H2,1H3,(H,24,29). The van der Waals surface area contributed by atoms with Gasteiger partial charge in [0.15, 0.2) is 11.0 Å². The number of hydrogen-bond donors (Lipinski definition) is 1. The fourth-order valence-corrected chi connectivity index (χ4v) is 4.23. The maximum atomic E-state index is 12.5. The highest BCUT2D eigenvalue weighted by molar-refractivity contribution is 7.99. The number of nitrogens with zero attached hydrogens (tertiary/aromatic N) is 5. The van der Waals surface area contributed by atoms with Gasteiger partial charge >= 0.3 is 0 Å². The van der Waals surface area contributed by atoms with Gasteiger partial charge in [-0.25, -0.2) is 0 Å². The summed E-state index contributed by atoms with van der Waals surface area (Å²) >= 11 is 1.32. The van der Waals surface area contributed by atoms with Crippen LogP contribution in [0, 0.1) is 0 Å². The number of ether oxygens (including phenoxy) is 1. The molecule has 1 aliphatic rings. The molecule has 0 bridgehead atoms. The van der Waals surface area contributed by atoms with Crippen LogP contribution in [0.4, 0.5) is 11.4 Å². The van der Waals surface area contributed by atoms with Gasteiger partial charge in [-0.2, -0.15) is 0 Å². The summed E-state index contributed by atoms with van der Waals surface area (Å²) in [6, 6.07) is 11.1. The van der Waals surface area contributed by atoms with Crippen LogP contribution in [0.2, 0.25) is 0 Å². The zero-order valence-corrected chi connectivity index (χ0v) is 18.5. The number of aromatic nitrogens is 4. The number of amides is 2. The normalized spacial score (nSPS) is 13.5.